The van der Waals surface area contributed by atoms with E-state index in [0.717, 1.165) is 12.1 Å². The molecule has 9 heteroatoms. The highest BCUT2D eigenvalue weighted by Gasteiger charge is 2.33. The van der Waals surface area contributed by atoms with E-state index in [1.807, 2.05) is 0 Å². The number of urea groups is 1. The lowest BCUT2D eigenvalue weighted by atomic mass is 10.2. The van der Waals surface area contributed by atoms with Crippen molar-refractivity contribution in [2.75, 3.05) is 10.6 Å². The summed E-state index contributed by atoms with van der Waals surface area (Å²) in [4.78, 5) is 12.1. The van der Waals surface area contributed by atoms with Crippen LogP contribution in [-0.2, 0) is 12.8 Å². The van der Waals surface area contributed by atoms with Crippen molar-refractivity contribution in [3.8, 4) is 11.5 Å². The maximum atomic E-state index is 12.9. The van der Waals surface area contributed by atoms with Gasteiger partial charge in [-0.1, -0.05) is 23.7 Å². The predicted molar refractivity (Wildman–Crippen MR) is 108 cm³/mol. The molecule has 0 unspecified atom stereocenters. The average molecular weight is 437 g/mol. The lowest BCUT2D eigenvalue weighted by Crippen LogP contribution is -2.19. The number of halogens is 4. The molecule has 3 N–H and O–H groups in total. The van der Waals surface area contributed by atoms with Gasteiger partial charge < -0.3 is 20.5 Å². The van der Waals surface area contributed by atoms with Crippen molar-refractivity contribution in [2.45, 2.75) is 12.8 Å². The van der Waals surface area contributed by atoms with Crippen LogP contribution in [0.4, 0.5) is 29.3 Å². The standard InChI is InChI=1S/C21H16ClF3N2O3/c22-19-9-6-15(11-18(19)21(23,24)25)27-20(29)26-14-4-7-16(8-5-14)30-17-3-1-2-13(10-17)12-28/h1-11,28H,12H2,(H2,26,27,29). The van der Waals surface area contributed by atoms with Gasteiger partial charge in [0.25, 0.3) is 0 Å². The molecule has 30 heavy (non-hydrogen) atoms. The van der Waals surface area contributed by atoms with E-state index < -0.39 is 22.8 Å². The van der Waals surface area contributed by atoms with Crippen molar-refractivity contribution in [2.24, 2.45) is 0 Å². The topological polar surface area (TPSA) is 70.6 Å². The van der Waals surface area contributed by atoms with E-state index in [1.165, 1.54) is 6.07 Å². The monoisotopic (exact) mass is 436 g/mol. The number of nitrogens with one attached hydrogen (secondary N) is 2. The van der Waals surface area contributed by atoms with E-state index in [-0.39, 0.29) is 12.3 Å². The Bertz CT molecular complexity index is 1040. The normalized spacial score (nSPS) is 11.1. The van der Waals surface area contributed by atoms with Crippen molar-refractivity contribution in [3.63, 3.8) is 0 Å². The Morgan fingerprint density at radius 1 is 0.933 bits per heavy atom. The quantitative estimate of drug-likeness (QED) is 0.440. The van der Waals surface area contributed by atoms with Gasteiger partial charge in [0.05, 0.1) is 17.2 Å². The summed E-state index contributed by atoms with van der Waals surface area (Å²) >= 11 is 5.56. The fraction of sp³-hybridized carbons (Fsp3) is 0.0952. The number of anilines is 2. The van der Waals surface area contributed by atoms with Crippen molar-refractivity contribution in [1.82, 2.24) is 0 Å². The summed E-state index contributed by atoms with van der Waals surface area (Å²) in [5, 5.41) is 13.6. The number of ether oxygens (including phenoxy) is 1. The molecule has 3 aromatic carbocycles. The molecule has 0 aromatic heterocycles. The molecule has 0 aliphatic carbocycles. The highest BCUT2D eigenvalue weighted by atomic mass is 35.5. The molecule has 0 saturated carbocycles. The summed E-state index contributed by atoms with van der Waals surface area (Å²) in [5.74, 6) is 1.05. The molecule has 0 atom stereocenters. The molecular formula is C21H16ClF3N2O3. The fourth-order valence-corrected chi connectivity index (χ4v) is 2.79. The van der Waals surface area contributed by atoms with Crippen LogP contribution in [0.3, 0.4) is 0 Å². The SMILES string of the molecule is O=C(Nc1ccc(Oc2cccc(CO)c2)cc1)Nc1ccc(Cl)c(C(F)(F)F)c1. The third kappa shape index (κ3) is 5.65. The second kappa shape index (κ2) is 9.06. The van der Waals surface area contributed by atoms with E-state index in [9.17, 15) is 18.0 Å². The van der Waals surface area contributed by atoms with Gasteiger partial charge in [0.15, 0.2) is 0 Å². The highest BCUT2D eigenvalue weighted by molar-refractivity contribution is 6.31. The third-order valence-corrected chi connectivity index (χ3v) is 4.29. The van der Waals surface area contributed by atoms with Crippen molar-refractivity contribution in [3.05, 3.63) is 82.9 Å². The van der Waals surface area contributed by atoms with E-state index in [0.29, 0.717) is 22.7 Å². The number of amides is 2. The van der Waals surface area contributed by atoms with Crippen LogP contribution in [0.25, 0.3) is 0 Å². The minimum Gasteiger partial charge on any atom is -0.457 e. The van der Waals surface area contributed by atoms with Gasteiger partial charge in [-0.05, 0) is 60.2 Å². The Morgan fingerprint density at radius 3 is 2.27 bits per heavy atom. The van der Waals surface area contributed by atoms with Crippen molar-refractivity contribution >= 4 is 29.0 Å². The summed E-state index contributed by atoms with van der Waals surface area (Å²) < 4.78 is 44.4. The van der Waals surface area contributed by atoms with E-state index in [2.05, 4.69) is 10.6 Å². The molecule has 0 bridgehead atoms. The van der Waals surface area contributed by atoms with Gasteiger partial charge in [0, 0.05) is 11.4 Å². The zero-order valence-corrected chi connectivity index (χ0v) is 16.1. The number of carbonyl (C=O) groups is 1. The van der Waals surface area contributed by atoms with E-state index in [1.54, 1.807) is 48.5 Å². The van der Waals surface area contributed by atoms with Crippen LogP contribution in [0.5, 0.6) is 11.5 Å². The summed E-state index contributed by atoms with van der Waals surface area (Å²) in [6.45, 7) is -0.104. The van der Waals surface area contributed by atoms with Crippen LogP contribution in [0.15, 0.2) is 66.7 Å². The van der Waals surface area contributed by atoms with Gasteiger partial charge in [-0.2, -0.15) is 13.2 Å². The van der Waals surface area contributed by atoms with Gasteiger partial charge in [-0.3, -0.25) is 0 Å². The first kappa shape index (κ1) is 21.5. The molecule has 156 valence electrons. The van der Waals surface area contributed by atoms with Gasteiger partial charge in [-0.15, -0.1) is 0 Å². The zero-order valence-electron chi connectivity index (χ0n) is 15.3. The number of rotatable bonds is 5. The van der Waals surface area contributed by atoms with Crippen LogP contribution >= 0.6 is 11.6 Å². The smallest absolute Gasteiger partial charge is 0.417 e. The second-order valence-electron chi connectivity index (χ2n) is 6.20. The van der Waals surface area contributed by atoms with Crippen LogP contribution in [0.2, 0.25) is 5.02 Å². The Kier molecular flexibility index (Phi) is 6.49. The Hall–Kier alpha value is -3.23. The first-order chi connectivity index (χ1) is 14.2. The van der Waals surface area contributed by atoms with Gasteiger partial charge in [0.2, 0.25) is 0 Å². The van der Waals surface area contributed by atoms with Crippen LogP contribution in [-0.4, -0.2) is 11.1 Å². The van der Waals surface area contributed by atoms with Gasteiger partial charge in [-0.25, -0.2) is 4.79 Å². The lowest BCUT2D eigenvalue weighted by molar-refractivity contribution is -0.137. The Morgan fingerprint density at radius 2 is 1.60 bits per heavy atom. The minimum atomic E-state index is -4.63. The second-order valence-corrected chi connectivity index (χ2v) is 6.61. The number of aliphatic hydroxyl groups excluding tert-OH is 1. The molecule has 0 fully saturated rings. The number of aliphatic hydroxyl groups is 1. The fourth-order valence-electron chi connectivity index (χ4n) is 2.56. The zero-order chi connectivity index (χ0) is 21.7. The lowest BCUT2D eigenvalue weighted by Gasteiger charge is -2.12. The minimum absolute atomic E-state index is 0.0482. The molecule has 0 heterocycles. The summed E-state index contributed by atoms with van der Waals surface area (Å²) in [7, 11) is 0. The molecule has 0 aliphatic rings. The summed E-state index contributed by atoms with van der Waals surface area (Å²) in [6, 6.07) is 15.7. The molecule has 0 spiro atoms. The van der Waals surface area contributed by atoms with Gasteiger partial charge in [0.1, 0.15) is 11.5 Å². The number of benzene rings is 3. The highest BCUT2D eigenvalue weighted by Crippen LogP contribution is 2.36. The summed E-state index contributed by atoms with van der Waals surface area (Å²) in [5.41, 5.74) is 0.0361. The Labute approximate surface area is 175 Å². The number of alkyl halides is 3. The van der Waals surface area contributed by atoms with Crippen molar-refractivity contribution < 1.29 is 27.8 Å². The molecule has 0 radical (unpaired) electrons. The van der Waals surface area contributed by atoms with Crippen LogP contribution in [0.1, 0.15) is 11.1 Å². The third-order valence-electron chi connectivity index (χ3n) is 3.96. The molecule has 3 rings (SSSR count). The van der Waals surface area contributed by atoms with Crippen LogP contribution < -0.4 is 15.4 Å². The molecule has 0 saturated heterocycles. The number of hydrogen-bond acceptors (Lipinski definition) is 3. The largest absolute Gasteiger partial charge is 0.457 e. The first-order valence-electron chi connectivity index (χ1n) is 8.67. The van der Waals surface area contributed by atoms with Crippen LogP contribution in [0, 0.1) is 0 Å². The molecule has 3 aromatic rings. The maximum Gasteiger partial charge on any atom is 0.417 e. The summed E-state index contributed by atoms with van der Waals surface area (Å²) in [6.07, 6.45) is -4.63. The molecule has 0 aliphatic heterocycles. The van der Waals surface area contributed by atoms with Gasteiger partial charge >= 0.3 is 12.2 Å². The van der Waals surface area contributed by atoms with E-state index in [4.69, 9.17) is 21.4 Å². The number of hydrogen-bond donors (Lipinski definition) is 3. The predicted octanol–water partition coefficient (Wildman–Crippen LogP) is 6.29. The Balaban J connectivity index is 1.62. The number of carbonyl (C=O) groups excluding carboxylic acids is 1. The average Bonchev–Trinajstić information content (AvgIpc) is 2.70. The van der Waals surface area contributed by atoms with Crippen molar-refractivity contribution in [1.29, 1.82) is 0 Å². The molecular weight excluding hydrogens is 421 g/mol. The molecule has 5 nitrogen and oxygen atoms in total. The molecule has 2 amide bonds. The maximum absolute atomic E-state index is 12.9. The first-order valence-corrected chi connectivity index (χ1v) is 9.05. The van der Waals surface area contributed by atoms with E-state index >= 15 is 0 Å².